The number of alkyl halides is 1. The van der Waals surface area contributed by atoms with E-state index in [1.807, 2.05) is 13.0 Å². The number of likely N-dealkylation sites (N-methyl/N-ethyl adjacent to an activating group) is 1. The zero-order valence-electron chi connectivity index (χ0n) is 10.6. The third-order valence-electron chi connectivity index (χ3n) is 2.87. The molecular formula is C12H15ClN4O. The number of amides is 1. The van der Waals surface area contributed by atoms with E-state index in [0.717, 1.165) is 11.1 Å². The molecule has 1 amide bonds. The lowest BCUT2D eigenvalue weighted by Gasteiger charge is -2.14. The van der Waals surface area contributed by atoms with E-state index in [9.17, 15) is 4.79 Å². The first kappa shape index (κ1) is 12.8. The lowest BCUT2D eigenvalue weighted by molar-refractivity contribution is -0.123. The summed E-state index contributed by atoms with van der Waals surface area (Å²) in [6, 6.07) is 1.55. The number of aromatic nitrogens is 3. The van der Waals surface area contributed by atoms with Gasteiger partial charge in [0.2, 0.25) is 5.91 Å². The number of halogens is 1. The maximum Gasteiger partial charge on any atom is 0.242 e. The fourth-order valence-electron chi connectivity index (χ4n) is 1.96. The van der Waals surface area contributed by atoms with Gasteiger partial charge in [0, 0.05) is 13.2 Å². The highest BCUT2D eigenvalue weighted by Gasteiger charge is 2.21. The molecule has 1 unspecified atom stereocenters. The van der Waals surface area contributed by atoms with E-state index in [1.165, 1.54) is 0 Å². The Morgan fingerprint density at radius 1 is 1.61 bits per heavy atom. The highest BCUT2D eigenvalue weighted by Crippen LogP contribution is 2.21. The summed E-state index contributed by atoms with van der Waals surface area (Å²) < 4.78 is 1.78. The van der Waals surface area contributed by atoms with E-state index < -0.39 is 0 Å². The minimum atomic E-state index is -0.385. The van der Waals surface area contributed by atoms with E-state index >= 15 is 0 Å². The third kappa shape index (κ3) is 2.06. The topological polar surface area (TPSA) is 59.8 Å². The van der Waals surface area contributed by atoms with Crippen LogP contribution in [0.1, 0.15) is 24.4 Å². The highest BCUT2D eigenvalue weighted by atomic mass is 35.5. The summed E-state index contributed by atoms with van der Waals surface area (Å²) in [7, 11) is 1.61. The number of imidazole rings is 1. The molecule has 2 heterocycles. The van der Waals surface area contributed by atoms with E-state index in [0.29, 0.717) is 11.5 Å². The van der Waals surface area contributed by atoms with Crippen molar-refractivity contribution < 1.29 is 4.79 Å². The summed E-state index contributed by atoms with van der Waals surface area (Å²) in [5, 5.41) is 2.62. The molecule has 0 radical (unpaired) electrons. The third-order valence-corrected chi connectivity index (χ3v) is 3.11. The number of fused-ring (bicyclic) bond motifs is 1. The van der Waals surface area contributed by atoms with Crippen LogP contribution in [-0.4, -0.2) is 27.5 Å². The number of aryl methyl sites for hydroxylation is 1. The van der Waals surface area contributed by atoms with Crippen LogP contribution < -0.4 is 5.32 Å². The first-order valence-corrected chi connectivity index (χ1v) is 6.23. The average molecular weight is 267 g/mol. The monoisotopic (exact) mass is 266 g/mol. The second-order valence-corrected chi connectivity index (χ2v) is 4.44. The van der Waals surface area contributed by atoms with Gasteiger partial charge in [-0.1, -0.05) is 0 Å². The predicted octanol–water partition coefficient (Wildman–Crippen LogP) is 1.79. The molecule has 0 fully saturated rings. The Labute approximate surface area is 110 Å². The van der Waals surface area contributed by atoms with Crippen molar-refractivity contribution in [2.24, 2.45) is 0 Å². The standard InChI is InChI=1S/C12H15ClN4O/c1-7-4-9-11(15-6-7)17(10(5-13)16-9)8(2)12(18)14-3/h4,6,8H,5H2,1-3H3,(H,14,18). The second-order valence-electron chi connectivity index (χ2n) is 4.18. The molecule has 18 heavy (non-hydrogen) atoms. The van der Waals surface area contributed by atoms with Crippen LogP contribution in [0.25, 0.3) is 11.2 Å². The van der Waals surface area contributed by atoms with Crippen molar-refractivity contribution in [1.82, 2.24) is 19.9 Å². The summed E-state index contributed by atoms with van der Waals surface area (Å²) in [6.07, 6.45) is 1.76. The van der Waals surface area contributed by atoms with E-state index in [-0.39, 0.29) is 17.8 Å². The molecule has 0 aromatic carbocycles. The fraction of sp³-hybridized carbons (Fsp3) is 0.417. The van der Waals surface area contributed by atoms with Crippen LogP contribution in [0.4, 0.5) is 0 Å². The van der Waals surface area contributed by atoms with Gasteiger partial charge in [0.25, 0.3) is 0 Å². The molecule has 2 aromatic rings. The van der Waals surface area contributed by atoms with Crippen LogP contribution in [0.5, 0.6) is 0 Å². The Bertz CT molecular complexity index is 593. The summed E-state index contributed by atoms with van der Waals surface area (Å²) in [4.78, 5) is 20.5. The van der Waals surface area contributed by atoms with E-state index in [4.69, 9.17) is 11.6 Å². The Balaban J connectivity index is 2.63. The fourth-order valence-corrected chi connectivity index (χ4v) is 2.15. The maximum absolute atomic E-state index is 11.8. The first-order valence-electron chi connectivity index (χ1n) is 5.69. The molecule has 0 spiro atoms. The SMILES string of the molecule is CNC(=O)C(C)n1c(CCl)nc2cc(C)cnc21. The molecule has 2 aromatic heterocycles. The quantitative estimate of drug-likeness (QED) is 0.862. The van der Waals surface area contributed by atoms with Gasteiger partial charge in [0.1, 0.15) is 17.4 Å². The van der Waals surface area contributed by atoms with Crippen LogP contribution in [0.15, 0.2) is 12.3 Å². The molecular weight excluding hydrogens is 252 g/mol. The number of nitrogens with zero attached hydrogens (tertiary/aromatic N) is 3. The van der Waals surface area contributed by atoms with Crippen molar-refractivity contribution in [2.45, 2.75) is 25.8 Å². The summed E-state index contributed by atoms with van der Waals surface area (Å²) in [5.41, 5.74) is 2.48. The predicted molar refractivity (Wildman–Crippen MR) is 70.6 cm³/mol. The average Bonchev–Trinajstić information content (AvgIpc) is 2.74. The Hall–Kier alpha value is -1.62. The van der Waals surface area contributed by atoms with Gasteiger partial charge in [-0.15, -0.1) is 11.6 Å². The molecule has 1 N–H and O–H groups in total. The van der Waals surface area contributed by atoms with Crippen LogP contribution >= 0.6 is 11.6 Å². The molecule has 0 aliphatic carbocycles. The molecule has 96 valence electrons. The number of hydrogen-bond donors (Lipinski definition) is 1. The molecule has 2 rings (SSSR count). The zero-order valence-corrected chi connectivity index (χ0v) is 11.3. The number of rotatable bonds is 3. The molecule has 5 nitrogen and oxygen atoms in total. The molecule has 0 bridgehead atoms. The Morgan fingerprint density at radius 2 is 2.33 bits per heavy atom. The minimum Gasteiger partial charge on any atom is -0.357 e. The summed E-state index contributed by atoms with van der Waals surface area (Å²) in [5.74, 6) is 0.806. The van der Waals surface area contributed by atoms with Crippen LogP contribution in [0.2, 0.25) is 0 Å². The summed E-state index contributed by atoms with van der Waals surface area (Å²) >= 11 is 5.89. The van der Waals surface area contributed by atoms with Crippen molar-refractivity contribution >= 4 is 28.7 Å². The minimum absolute atomic E-state index is 0.0944. The smallest absolute Gasteiger partial charge is 0.242 e. The van der Waals surface area contributed by atoms with Crippen molar-refractivity contribution in [2.75, 3.05) is 7.05 Å². The lowest BCUT2D eigenvalue weighted by atomic mass is 10.3. The highest BCUT2D eigenvalue weighted by molar-refractivity contribution is 6.16. The number of pyridine rings is 1. The number of carbonyl (C=O) groups excluding carboxylic acids is 1. The van der Waals surface area contributed by atoms with E-state index in [1.54, 1.807) is 24.7 Å². The van der Waals surface area contributed by atoms with Crippen molar-refractivity contribution in [3.63, 3.8) is 0 Å². The number of hydrogen-bond acceptors (Lipinski definition) is 3. The van der Waals surface area contributed by atoms with Gasteiger partial charge < -0.3 is 5.32 Å². The Kier molecular flexibility index (Phi) is 3.52. The van der Waals surface area contributed by atoms with Gasteiger partial charge in [-0.3, -0.25) is 9.36 Å². The number of nitrogens with one attached hydrogen (secondary N) is 1. The van der Waals surface area contributed by atoms with Crippen molar-refractivity contribution in [3.05, 3.63) is 23.7 Å². The van der Waals surface area contributed by atoms with Crippen LogP contribution in [0, 0.1) is 6.92 Å². The number of carbonyl (C=O) groups is 1. The molecule has 0 aliphatic heterocycles. The zero-order chi connectivity index (χ0) is 13.3. The van der Waals surface area contributed by atoms with Gasteiger partial charge in [0.05, 0.1) is 5.88 Å². The molecule has 1 atom stereocenters. The van der Waals surface area contributed by atoms with Crippen LogP contribution in [-0.2, 0) is 10.7 Å². The van der Waals surface area contributed by atoms with Crippen LogP contribution in [0.3, 0.4) is 0 Å². The van der Waals surface area contributed by atoms with Crippen molar-refractivity contribution in [3.8, 4) is 0 Å². The molecule has 0 aliphatic rings. The van der Waals surface area contributed by atoms with E-state index in [2.05, 4.69) is 15.3 Å². The molecule has 6 heteroatoms. The molecule has 0 saturated heterocycles. The maximum atomic E-state index is 11.8. The Morgan fingerprint density at radius 3 is 2.94 bits per heavy atom. The van der Waals surface area contributed by atoms with Gasteiger partial charge in [-0.05, 0) is 25.5 Å². The van der Waals surface area contributed by atoms with Gasteiger partial charge in [-0.2, -0.15) is 0 Å². The van der Waals surface area contributed by atoms with Crippen molar-refractivity contribution in [1.29, 1.82) is 0 Å². The van der Waals surface area contributed by atoms with Gasteiger partial charge in [-0.25, -0.2) is 9.97 Å². The summed E-state index contributed by atoms with van der Waals surface area (Å²) in [6.45, 7) is 3.76. The molecule has 0 saturated carbocycles. The largest absolute Gasteiger partial charge is 0.357 e. The first-order chi connectivity index (χ1) is 8.58. The second kappa shape index (κ2) is 4.94. The van der Waals surface area contributed by atoms with Gasteiger partial charge in [0.15, 0.2) is 5.65 Å². The van der Waals surface area contributed by atoms with Gasteiger partial charge >= 0.3 is 0 Å². The lowest BCUT2D eigenvalue weighted by Crippen LogP contribution is -2.28. The normalized spacial score (nSPS) is 12.7.